The first kappa shape index (κ1) is 15.0. The zero-order valence-electron chi connectivity index (χ0n) is 14.8. The third-order valence-corrected chi connectivity index (χ3v) is 9.62. The van der Waals surface area contributed by atoms with Crippen molar-refractivity contribution in [3.63, 3.8) is 0 Å². The van der Waals surface area contributed by atoms with Crippen LogP contribution in [0.3, 0.4) is 0 Å². The first-order valence-corrected chi connectivity index (χ1v) is 10.5. The van der Waals surface area contributed by atoms with Gasteiger partial charge in [-0.05, 0) is 111 Å². The number of hydrogen-bond donors (Lipinski definition) is 1. The van der Waals surface area contributed by atoms with Crippen LogP contribution in [0, 0.1) is 40.4 Å². The van der Waals surface area contributed by atoms with Crippen LogP contribution in [0.25, 0.3) is 0 Å². The maximum Gasteiger partial charge on any atom is 0.0543 e. The van der Waals surface area contributed by atoms with Crippen molar-refractivity contribution in [2.45, 2.75) is 83.7 Å². The highest BCUT2D eigenvalue weighted by Gasteiger charge is 2.61. The zero-order chi connectivity index (χ0) is 15.7. The Labute approximate surface area is 141 Å². The highest BCUT2D eigenvalue weighted by Crippen LogP contribution is 2.69. The first-order chi connectivity index (χ1) is 11.1. The van der Waals surface area contributed by atoms with Crippen LogP contribution < -0.4 is 0 Å². The first-order valence-electron chi connectivity index (χ1n) is 10.5. The SMILES string of the molecule is C[C@]12CC[C@@H](O)C[C@@H]1CC[C@@H]1[C@@H]2CC[C@@]23CC=CC[C@H]2CC[C@@H]13. The van der Waals surface area contributed by atoms with E-state index in [4.69, 9.17) is 0 Å². The Morgan fingerprint density at radius 2 is 1.74 bits per heavy atom. The molecule has 0 aliphatic heterocycles. The van der Waals surface area contributed by atoms with E-state index in [0.717, 1.165) is 42.4 Å². The average molecular weight is 315 g/mol. The molecule has 1 spiro atoms. The molecule has 0 aromatic rings. The molecule has 0 heterocycles. The maximum absolute atomic E-state index is 10.2. The molecule has 128 valence electrons. The van der Waals surface area contributed by atoms with Crippen molar-refractivity contribution in [2.75, 3.05) is 0 Å². The summed E-state index contributed by atoms with van der Waals surface area (Å²) >= 11 is 0. The molecule has 23 heavy (non-hydrogen) atoms. The number of hydrogen-bond acceptors (Lipinski definition) is 1. The van der Waals surface area contributed by atoms with Gasteiger partial charge < -0.3 is 5.11 Å². The molecular formula is C22H34O. The molecule has 5 aliphatic rings. The second-order valence-electron chi connectivity index (χ2n) is 10.0. The minimum Gasteiger partial charge on any atom is -0.393 e. The van der Waals surface area contributed by atoms with E-state index in [2.05, 4.69) is 19.1 Å². The number of rotatable bonds is 0. The molecule has 0 unspecified atom stereocenters. The summed E-state index contributed by atoms with van der Waals surface area (Å²) in [5.41, 5.74) is 1.25. The molecule has 4 fully saturated rings. The molecule has 0 bridgehead atoms. The summed E-state index contributed by atoms with van der Waals surface area (Å²) < 4.78 is 0. The summed E-state index contributed by atoms with van der Waals surface area (Å²) in [7, 11) is 0. The van der Waals surface area contributed by atoms with Gasteiger partial charge in [0, 0.05) is 0 Å². The van der Waals surface area contributed by atoms with Gasteiger partial charge in [0.15, 0.2) is 0 Å². The fourth-order valence-corrected chi connectivity index (χ4v) is 8.49. The zero-order valence-corrected chi connectivity index (χ0v) is 14.8. The molecule has 0 radical (unpaired) electrons. The van der Waals surface area contributed by atoms with Gasteiger partial charge in [-0.15, -0.1) is 0 Å². The van der Waals surface area contributed by atoms with E-state index < -0.39 is 0 Å². The normalized spacial score (nSPS) is 58.0. The second-order valence-corrected chi connectivity index (χ2v) is 10.0. The lowest BCUT2D eigenvalue weighted by atomic mass is 9.43. The Bertz CT molecular complexity index is 510. The van der Waals surface area contributed by atoms with Crippen molar-refractivity contribution in [2.24, 2.45) is 40.4 Å². The van der Waals surface area contributed by atoms with Gasteiger partial charge in [-0.3, -0.25) is 0 Å². The highest BCUT2D eigenvalue weighted by molar-refractivity contribution is 5.14. The summed E-state index contributed by atoms with van der Waals surface area (Å²) in [6.07, 6.45) is 20.2. The Hall–Kier alpha value is -0.300. The lowest BCUT2D eigenvalue weighted by molar-refractivity contribution is -0.130. The monoisotopic (exact) mass is 314 g/mol. The summed E-state index contributed by atoms with van der Waals surface area (Å²) in [6, 6.07) is 0. The third-order valence-electron chi connectivity index (χ3n) is 9.62. The minimum atomic E-state index is -0.00102. The van der Waals surface area contributed by atoms with Crippen molar-refractivity contribution >= 4 is 0 Å². The predicted molar refractivity (Wildman–Crippen MR) is 93.9 cm³/mol. The third kappa shape index (κ3) is 1.95. The largest absolute Gasteiger partial charge is 0.393 e. The molecule has 8 atom stereocenters. The Balaban J connectivity index is 1.46. The van der Waals surface area contributed by atoms with Gasteiger partial charge in [-0.2, -0.15) is 0 Å². The average Bonchev–Trinajstić information content (AvgIpc) is 2.95. The van der Waals surface area contributed by atoms with Gasteiger partial charge in [0.2, 0.25) is 0 Å². The Morgan fingerprint density at radius 1 is 0.870 bits per heavy atom. The quantitative estimate of drug-likeness (QED) is 0.599. The van der Waals surface area contributed by atoms with E-state index in [0.29, 0.717) is 10.8 Å². The predicted octanol–water partition coefficient (Wildman–Crippen LogP) is 5.34. The highest BCUT2D eigenvalue weighted by atomic mass is 16.3. The van der Waals surface area contributed by atoms with E-state index in [1.54, 1.807) is 0 Å². The standard InChI is InChI=1S/C22H34O/c1-21-12-9-17(23)14-16(21)5-7-18-19(21)10-13-22-11-3-2-4-15(22)6-8-20(18)22/h2-3,15-20,23H,4-14H2,1H3/t15-,16-,17+,18+,19-,20-,21-,22-/m0/s1. The molecule has 1 nitrogen and oxygen atoms in total. The number of aliphatic hydroxyl groups excluding tert-OH is 1. The lowest BCUT2D eigenvalue weighted by Crippen LogP contribution is -2.54. The van der Waals surface area contributed by atoms with E-state index in [9.17, 15) is 5.11 Å². The number of fused-ring (bicyclic) bond motifs is 4. The molecule has 0 saturated heterocycles. The van der Waals surface area contributed by atoms with Crippen LogP contribution in [0.4, 0.5) is 0 Å². The van der Waals surface area contributed by atoms with E-state index >= 15 is 0 Å². The molecule has 1 heteroatoms. The summed E-state index contributed by atoms with van der Waals surface area (Å²) in [6.45, 7) is 2.62. The van der Waals surface area contributed by atoms with Crippen LogP contribution in [0.5, 0.6) is 0 Å². The molecule has 0 amide bonds. The van der Waals surface area contributed by atoms with Gasteiger partial charge in [0.1, 0.15) is 0 Å². The van der Waals surface area contributed by atoms with E-state index in [1.165, 1.54) is 57.8 Å². The molecule has 5 rings (SSSR count). The van der Waals surface area contributed by atoms with Crippen LogP contribution in [0.15, 0.2) is 12.2 Å². The molecule has 0 aromatic heterocycles. The van der Waals surface area contributed by atoms with Crippen molar-refractivity contribution < 1.29 is 5.11 Å². The molecule has 1 N–H and O–H groups in total. The van der Waals surface area contributed by atoms with Crippen LogP contribution in [0.1, 0.15) is 77.6 Å². The summed E-state index contributed by atoms with van der Waals surface area (Å²) in [5.74, 6) is 4.83. The van der Waals surface area contributed by atoms with Crippen LogP contribution in [-0.4, -0.2) is 11.2 Å². The lowest BCUT2D eigenvalue weighted by Gasteiger charge is -2.61. The fraction of sp³-hybridized carbons (Fsp3) is 0.909. The molecule has 4 saturated carbocycles. The van der Waals surface area contributed by atoms with Gasteiger partial charge in [-0.1, -0.05) is 19.1 Å². The molecule has 0 aromatic carbocycles. The fourth-order valence-electron chi connectivity index (χ4n) is 8.49. The maximum atomic E-state index is 10.2. The van der Waals surface area contributed by atoms with Crippen LogP contribution in [-0.2, 0) is 0 Å². The molecule has 5 aliphatic carbocycles. The van der Waals surface area contributed by atoms with E-state index in [1.807, 2.05) is 0 Å². The van der Waals surface area contributed by atoms with Gasteiger partial charge in [-0.25, -0.2) is 0 Å². The van der Waals surface area contributed by atoms with Crippen molar-refractivity contribution in [3.05, 3.63) is 12.2 Å². The smallest absolute Gasteiger partial charge is 0.0543 e. The van der Waals surface area contributed by atoms with Crippen LogP contribution >= 0.6 is 0 Å². The van der Waals surface area contributed by atoms with Gasteiger partial charge in [0.25, 0.3) is 0 Å². The van der Waals surface area contributed by atoms with Gasteiger partial charge >= 0.3 is 0 Å². The van der Waals surface area contributed by atoms with Crippen molar-refractivity contribution in [3.8, 4) is 0 Å². The topological polar surface area (TPSA) is 20.2 Å². The number of allylic oxidation sites excluding steroid dienone is 2. The Morgan fingerprint density at radius 3 is 2.65 bits per heavy atom. The minimum absolute atomic E-state index is 0.00102. The van der Waals surface area contributed by atoms with E-state index in [-0.39, 0.29) is 6.10 Å². The van der Waals surface area contributed by atoms with Crippen molar-refractivity contribution in [1.29, 1.82) is 0 Å². The second kappa shape index (κ2) is 5.10. The Kier molecular flexibility index (Phi) is 3.32. The summed E-state index contributed by atoms with van der Waals surface area (Å²) in [5, 5.41) is 10.2. The van der Waals surface area contributed by atoms with Crippen molar-refractivity contribution in [1.82, 2.24) is 0 Å². The molecular weight excluding hydrogens is 280 g/mol. The van der Waals surface area contributed by atoms with Gasteiger partial charge in [0.05, 0.1) is 6.10 Å². The van der Waals surface area contributed by atoms with Crippen LogP contribution in [0.2, 0.25) is 0 Å². The summed E-state index contributed by atoms with van der Waals surface area (Å²) in [4.78, 5) is 0. The number of aliphatic hydroxyl groups is 1.